The molecule has 2 aromatic carbocycles. The molecule has 5 nitrogen and oxygen atoms in total. The fourth-order valence-corrected chi connectivity index (χ4v) is 3.59. The highest BCUT2D eigenvalue weighted by atomic mass is 16.7. The average molecular weight is 389 g/mol. The first-order valence-electron chi connectivity index (χ1n) is 9.80. The quantitative estimate of drug-likeness (QED) is 0.631. The molecule has 0 bridgehead atoms. The van der Waals surface area contributed by atoms with Crippen LogP contribution < -0.4 is 15.8 Å². The number of ether oxygens (including phenoxy) is 2. The summed E-state index contributed by atoms with van der Waals surface area (Å²) in [5.74, 6) is 0.297. The summed E-state index contributed by atoms with van der Waals surface area (Å²) in [6.07, 6.45) is 9.99. The molecule has 148 valence electrons. The third-order valence-corrected chi connectivity index (χ3v) is 5.11. The monoisotopic (exact) mass is 389 g/mol. The van der Waals surface area contributed by atoms with Gasteiger partial charge in [0.05, 0.1) is 6.54 Å². The third-order valence-electron chi connectivity index (χ3n) is 5.11. The van der Waals surface area contributed by atoms with Gasteiger partial charge in [0, 0.05) is 5.92 Å². The van der Waals surface area contributed by atoms with Crippen molar-refractivity contribution in [1.82, 2.24) is 5.32 Å². The molecule has 2 aliphatic carbocycles. The first-order chi connectivity index (χ1) is 14.0. The van der Waals surface area contributed by atoms with E-state index >= 15 is 0 Å². The van der Waals surface area contributed by atoms with Crippen molar-refractivity contribution in [1.29, 1.82) is 0 Å². The van der Waals surface area contributed by atoms with Gasteiger partial charge >= 0.3 is 6.16 Å². The Morgan fingerprint density at radius 2 is 1.90 bits per heavy atom. The Kier molecular flexibility index (Phi) is 5.21. The molecule has 5 heteroatoms. The van der Waals surface area contributed by atoms with Crippen molar-refractivity contribution in [3.63, 3.8) is 0 Å². The maximum absolute atomic E-state index is 11.9. The van der Waals surface area contributed by atoms with Crippen molar-refractivity contribution < 1.29 is 19.1 Å². The zero-order valence-corrected chi connectivity index (χ0v) is 16.5. The van der Waals surface area contributed by atoms with Crippen molar-refractivity contribution >= 4 is 41.1 Å². The number of nitrogens with one attached hydrogen (secondary N) is 1. The van der Waals surface area contributed by atoms with Crippen LogP contribution in [0.1, 0.15) is 25.0 Å². The van der Waals surface area contributed by atoms with E-state index in [1.807, 2.05) is 12.2 Å². The van der Waals surface area contributed by atoms with Gasteiger partial charge in [0.15, 0.2) is 0 Å². The number of carbonyl (C=O) groups excluding carboxylic acids is 2. The summed E-state index contributed by atoms with van der Waals surface area (Å²) in [7, 11) is 0. The zero-order chi connectivity index (χ0) is 20.4. The van der Waals surface area contributed by atoms with Crippen molar-refractivity contribution in [3.05, 3.63) is 63.7 Å². The van der Waals surface area contributed by atoms with Gasteiger partial charge in [-0.25, -0.2) is 4.79 Å². The number of hydrogen-bond acceptors (Lipinski definition) is 4. The second-order valence-electron chi connectivity index (χ2n) is 7.42. The Labute approximate surface area is 169 Å². The van der Waals surface area contributed by atoms with Crippen LogP contribution in [0.15, 0.2) is 42.2 Å². The van der Waals surface area contributed by atoms with Crippen LogP contribution in [0.25, 0.3) is 29.0 Å². The number of amides is 1. The molecule has 0 unspecified atom stereocenters. The first-order valence-corrected chi connectivity index (χ1v) is 9.80. The van der Waals surface area contributed by atoms with Gasteiger partial charge in [-0.3, -0.25) is 4.79 Å². The minimum absolute atomic E-state index is 0.0709. The molecule has 1 amide bonds. The summed E-state index contributed by atoms with van der Waals surface area (Å²) in [4.78, 5) is 23.4. The second-order valence-corrected chi connectivity index (χ2v) is 7.42. The lowest BCUT2D eigenvalue weighted by Crippen LogP contribution is -2.31. The Hall–Kier alpha value is -3.34. The SMILES string of the molecule is CC(C)C(=O)NCCOC(=O)OC1=CCc2c(ccc3c4c(ccc23)=CC=C4)=C1. The summed E-state index contributed by atoms with van der Waals surface area (Å²) in [5, 5.41) is 7.42. The van der Waals surface area contributed by atoms with E-state index in [1.54, 1.807) is 13.8 Å². The lowest BCUT2D eigenvalue weighted by molar-refractivity contribution is -0.124. The molecule has 2 aromatic rings. The van der Waals surface area contributed by atoms with E-state index in [-0.39, 0.29) is 25.0 Å². The van der Waals surface area contributed by atoms with E-state index in [9.17, 15) is 9.59 Å². The predicted octanol–water partition coefficient (Wildman–Crippen LogP) is 2.79. The highest BCUT2D eigenvalue weighted by Crippen LogP contribution is 2.23. The maximum atomic E-state index is 11.9. The zero-order valence-electron chi connectivity index (χ0n) is 16.5. The van der Waals surface area contributed by atoms with Crippen molar-refractivity contribution in [2.45, 2.75) is 20.3 Å². The van der Waals surface area contributed by atoms with Gasteiger partial charge in [0.2, 0.25) is 5.91 Å². The molecule has 0 saturated carbocycles. The Bertz CT molecular complexity index is 1170. The summed E-state index contributed by atoms with van der Waals surface area (Å²) in [6, 6.07) is 8.48. The lowest BCUT2D eigenvalue weighted by atomic mass is 9.94. The van der Waals surface area contributed by atoms with Crippen molar-refractivity contribution in [3.8, 4) is 0 Å². The standard InChI is InChI=1S/C24H23NO4/c1-15(2)23(26)25-12-13-28-24(27)29-18-8-11-20-17(14-18)7-10-21-19-5-3-4-16(19)6-9-22(20)21/h3-10,14-15H,11-13H2,1-2H3,(H,25,26). The molecular formula is C24H23NO4. The van der Waals surface area contributed by atoms with E-state index in [2.05, 4.69) is 47.8 Å². The number of hydrogen-bond donors (Lipinski definition) is 1. The molecule has 2 aliphatic rings. The summed E-state index contributed by atoms with van der Waals surface area (Å²) in [6.45, 7) is 3.94. The largest absolute Gasteiger partial charge is 0.513 e. The van der Waals surface area contributed by atoms with Crippen LogP contribution in [0, 0.1) is 5.92 Å². The first kappa shape index (κ1) is 19.0. The van der Waals surface area contributed by atoms with E-state index in [0.29, 0.717) is 12.2 Å². The number of carbonyl (C=O) groups is 2. The number of allylic oxidation sites excluding steroid dienone is 3. The van der Waals surface area contributed by atoms with Crippen molar-refractivity contribution in [2.75, 3.05) is 13.2 Å². The molecule has 0 fully saturated rings. The number of rotatable bonds is 5. The van der Waals surface area contributed by atoms with Crippen LogP contribution in [0.3, 0.4) is 0 Å². The van der Waals surface area contributed by atoms with Crippen LogP contribution in [0.4, 0.5) is 4.79 Å². The molecule has 0 saturated heterocycles. The number of fused-ring (bicyclic) bond motifs is 5. The maximum Gasteiger partial charge on any atom is 0.513 e. The molecule has 0 heterocycles. The third kappa shape index (κ3) is 3.94. The smallest absolute Gasteiger partial charge is 0.432 e. The molecule has 0 radical (unpaired) electrons. The van der Waals surface area contributed by atoms with Gasteiger partial charge in [-0.1, -0.05) is 56.3 Å². The highest BCUT2D eigenvalue weighted by Gasteiger charge is 2.14. The molecule has 0 aromatic heterocycles. The molecule has 29 heavy (non-hydrogen) atoms. The van der Waals surface area contributed by atoms with E-state index < -0.39 is 6.16 Å². The van der Waals surface area contributed by atoms with Gasteiger partial charge in [-0.05, 0) is 50.9 Å². The minimum atomic E-state index is -0.769. The summed E-state index contributed by atoms with van der Waals surface area (Å²) in [5.41, 5.74) is 2.48. The molecule has 0 aliphatic heterocycles. The molecule has 1 N–H and O–H groups in total. The summed E-state index contributed by atoms with van der Waals surface area (Å²) >= 11 is 0. The topological polar surface area (TPSA) is 64.6 Å². The second kappa shape index (κ2) is 7.95. The Balaban J connectivity index is 1.42. The molecule has 0 spiro atoms. The van der Waals surface area contributed by atoms with E-state index in [0.717, 1.165) is 5.22 Å². The van der Waals surface area contributed by atoms with Gasteiger partial charge in [0.25, 0.3) is 0 Å². The molecule has 0 atom stereocenters. The Morgan fingerprint density at radius 1 is 1.10 bits per heavy atom. The lowest BCUT2D eigenvalue weighted by Gasteiger charge is -2.14. The van der Waals surface area contributed by atoms with Gasteiger partial charge in [-0.15, -0.1) is 0 Å². The Morgan fingerprint density at radius 3 is 2.72 bits per heavy atom. The van der Waals surface area contributed by atoms with Crippen LogP contribution >= 0.6 is 0 Å². The summed E-state index contributed by atoms with van der Waals surface area (Å²) < 4.78 is 10.3. The van der Waals surface area contributed by atoms with E-state index in [1.165, 1.54) is 27.1 Å². The van der Waals surface area contributed by atoms with Gasteiger partial charge < -0.3 is 14.8 Å². The number of benzene rings is 2. The van der Waals surface area contributed by atoms with E-state index in [4.69, 9.17) is 9.47 Å². The van der Waals surface area contributed by atoms with Crippen LogP contribution in [-0.2, 0) is 20.7 Å². The normalized spacial score (nSPS) is 13.8. The van der Waals surface area contributed by atoms with Crippen LogP contribution in [-0.4, -0.2) is 25.2 Å². The van der Waals surface area contributed by atoms with Gasteiger partial charge in [-0.2, -0.15) is 0 Å². The van der Waals surface area contributed by atoms with Crippen LogP contribution in [0.2, 0.25) is 0 Å². The minimum Gasteiger partial charge on any atom is -0.432 e. The van der Waals surface area contributed by atoms with Crippen molar-refractivity contribution in [2.24, 2.45) is 5.92 Å². The van der Waals surface area contributed by atoms with Gasteiger partial charge in [0.1, 0.15) is 12.4 Å². The predicted molar refractivity (Wildman–Crippen MR) is 113 cm³/mol. The fraction of sp³-hybridized carbons (Fsp3) is 0.250. The molecule has 4 rings (SSSR count). The highest BCUT2D eigenvalue weighted by molar-refractivity contribution is 5.96. The fourth-order valence-electron chi connectivity index (χ4n) is 3.59. The van der Waals surface area contributed by atoms with Crippen LogP contribution in [0.5, 0.6) is 0 Å². The average Bonchev–Trinajstić information content (AvgIpc) is 3.19. The molecular weight excluding hydrogens is 366 g/mol.